The maximum absolute atomic E-state index is 13.8. The summed E-state index contributed by atoms with van der Waals surface area (Å²) in [6.45, 7) is 3.65. The predicted octanol–water partition coefficient (Wildman–Crippen LogP) is 4.37. The standard InChI is InChI=1S/C16H13F3O2/c1-9(2)21-11-3-4-12(10(7-11)8-20)13-5-6-14(17)16(19)15(13)18/h3-9H,1-2H3. The molecule has 0 amide bonds. The van der Waals surface area contributed by atoms with Crippen molar-refractivity contribution in [1.82, 2.24) is 0 Å². The molecule has 2 rings (SSSR count). The molecule has 0 saturated carbocycles. The largest absolute Gasteiger partial charge is 0.491 e. The Bertz CT molecular complexity index is 681. The normalized spacial score (nSPS) is 10.8. The van der Waals surface area contributed by atoms with E-state index in [0.717, 1.165) is 12.1 Å². The fourth-order valence-corrected chi connectivity index (χ4v) is 1.96. The van der Waals surface area contributed by atoms with Crippen molar-refractivity contribution in [2.24, 2.45) is 0 Å². The number of ether oxygens (including phenoxy) is 1. The molecule has 0 aliphatic heterocycles. The van der Waals surface area contributed by atoms with Crippen molar-refractivity contribution in [3.63, 3.8) is 0 Å². The lowest BCUT2D eigenvalue weighted by Gasteiger charge is -2.13. The molecule has 0 saturated heterocycles. The molecule has 2 nitrogen and oxygen atoms in total. The molecular weight excluding hydrogens is 281 g/mol. The zero-order valence-electron chi connectivity index (χ0n) is 11.5. The van der Waals surface area contributed by atoms with Crippen molar-refractivity contribution in [3.05, 3.63) is 53.3 Å². The van der Waals surface area contributed by atoms with Crippen LogP contribution in [-0.4, -0.2) is 12.4 Å². The third-order valence-electron chi connectivity index (χ3n) is 2.85. The molecule has 0 N–H and O–H groups in total. The molecule has 5 heteroatoms. The van der Waals surface area contributed by atoms with E-state index in [2.05, 4.69) is 0 Å². The van der Waals surface area contributed by atoms with E-state index in [4.69, 9.17) is 4.74 Å². The summed E-state index contributed by atoms with van der Waals surface area (Å²) in [7, 11) is 0. The minimum absolute atomic E-state index is 0.0876. The van der Waals surface area contributed by atoms with Gasteiger partial charge in [-0.3, -0.25) is 4.79 Å². The average Bonchev–Trinajstić information content (AvgIpc) is 2.45. The molecule has 0 aromatic heterocycles. The number of hydrogen-bond donors (Lipinski definition) is 0. The molecule has 0 bridgehead atoms. The SMILES string of the molecule is CC(C)Oc1ccc(-c2ccc(F)c(F)c2F)c(C=O)c1. The second-order valence-corrected chi connectivity index (χ2v) is 4.76. The Kier molecular flexibility index (Phi) is 4.31. The summed E-state index contributed by atoms with van der Waals surface area (Å²) in [6, 6.07) is 6.34. The number of hydrogen-bond acceptors (Lipinski definition) is 2. The highest BCUT2D eigenvalue weighted by molar-refractivity contribution is 5.88. The van der Waals surface area contributed by atoms with Crippen LogP contribution in [0.3, 0.4) is 0 Å². The van der Waals surface area contributed by atoms with Gasteiger partial charge in [0.1, 0.15) is 5.75 Å². The van der Waals surface area contributed by atoms with Gasteiger partial charge in [-0.25, -0.2) is 13.2 Å². The molecule has 0 spiro atoms. The smallest absolute Gasteiger partial charge is 0.195 e. The zero-order valence-corrected chi connectivity index (χ0v) is 11.5. The first-order chi connectivity index (χ1) is 9.93. The van der Waals surface area contributed by atoms with Gasteiger partial charge in [-0.2, -0.15) is 0 Å². The number of halogens is 3. The predicted molar refractivity (Wildman–Crippen MR) is 72.9 cm³/mol. The van der Waals surface area contributed by atoms with Gasteiger partial charge in [0.15, 0.2) is 23.7 Å². The average molecular weight is 294 g/mol. The third-order valence-corrected chi connectivity index (χ3v) is 2.85. The summed E-state index contributed by atoms with van der Waals surface area (Å²) in [5, 5.41) is 0. The second kappa shape index (κ2) is 5.99. The van der Waals surface area contributed by atoms with Gasteiger partial charge in [0, 0.05) is 11.1 Å². The van der Waals surface area contributed by atoms with Crippen LogP contribution in [0.25, 0.3) is 11.1 Å². The minimum Gasteiger partial charge on any atom is -0.491 e. The highest BCUT2D eigenvalue weighted by atomic mass is 19.2. The molecule has 0 atom stereocenters. The number of carbonyl (C=O) groups excluding carboxylic acids is 1. The van der Waals surface area contributed by atoms with Crippen molar-refractivity contribution >= 4 is 6.29 Å². The maximum Gasteiger partial charge on any atom is 0.195 e. The van der Waals surface area contributed by atoms with Crippen LogP contribution in [0.15, 0.2) is 30.3 Å². The molecule has 2 aromatic carbocycles. The third kappa shape index (κ3) is 3.07. The van der Waals surface area contributed by atoms with Gasteiger partial charge in [-0.15, -0.1) is 0 Å². The van der Waals surface area contributed by atoms with E-state index >= 15 is 0 Å². The van der Waals surface area contributed by atoms with Crippen molar-refractivity contribution < 1.29 is 22.7 Å². The summed E-state index contributed by atoms with van der Waals surface area (Å²) < 4.78 is 45.5. The van der Waals surface area contributed by atoms with Crippen LogP contribution in [-0.2, 0) is 0 Å². The van der Waals surface area contributed by atoms with Crippen molar-refractivity contribution in [3.8, 4) is 16.9 Å². The van der Waals surface area contributed by atoms with Crippen molar-refractivity contribution in [2.75, 3.05) is 0 Å². The number of carbonyl (C=O) groups is 1. The Hall–Kier alpha value is -2.30. The van der Waals surface area contributed by atoms with E-state index in [9.17, 15) is 18.0 Å². The van der Waals surface area contributed by atoms with Crippen molar-refractivity contribution in [2.45, 2.75) is 20.0 Å². The molecule has 0 heterocycles. The molecule has 2 aromatic rings. The summed E-state index contributed by atoms with van der Waals surface area (Å²) >= 11 is 0. The van der Waals surface area contributed by atoms with Crippen LogP contribution in [0.1, 0.15) is 24.2 Å². The van der Waals surface area contributed by atoms with Crippen LogP contribution in [0, 0.1) is 17.5 Å². The number of rotatable bonds is 4. The maximum atomic E-state index is 13.8. The number of aldehydes is 1. The van der Waals surface area contributed by atoms with E-state index in [1.54, 1.807) is 6.07 Å². The van der Waals surface area contributed by atoms with Gasteiger partial charge in [-0.1, -0.05) is 0 Å². The van der Waals surface area contributed by atoms with Gasteiger partial charge < -0.3 is 4.74 Å². The van der Waals surface area contributed by atoms with Crippen LogP contribution >= 0.6 is 0 Å². The van der Waals surface area contributed by atoms with Gasteiger partial charge in [0.05, 0.1) is 6.10 Å². The van der Waals surface area contributed by atoms with Gasteiger partial charge in [0.2, 0.25) is 0 Å². The van der Waals surface area contributed by atoms with Crippen LogP contribution in [0.5, 0.6) is 5.75 Å². The minimum atomic E-state index is -1.56. The van der Waals surface area contributed by atoms with E-state index in [-0.39, 0.29) is 22.8 Å². The highest BCUT2D eigenvalue weighted by Gasteiger charge is 2.17. The lowest BCUT2D eigenvalue weighted by Crippen LogP contribution is -2.06. The summed E-state index contributed by atoms with van der Waals surface area (Å²) in [6.07, 6.45) is 0.429. The first-order valence-corrected chi connectivity index (χ1v) is 6.33. The summed E-state index contributed by atoms with van der Waals surface area (Å²) in [5.74, 6) is -3.72. The first kappa shape index (κ1) is 15.1. The molecule has 0 aliphatic carbocycles. The Morgan fingerprint density at radius 3 is 2.29 bits per heavy atom. The van der Waals surface area contributed by atoms with Crippen LogP contribution in [0.2, 0.25) is 0 Å². The molecule has 110 valence electrons. The Morgan fingerprint density at radius 1 is 1.00 bits per heavy atom. The summed E-state index contributed by atoms with van der Waals surface area (Å²) in [4.78, 5) is 11.2. The Morgan fingerprint density at radius 2 is 1.67 bits per heavy atom. The van der Waals surface area contributed by atoms with Gasteiger partial charge >= 0.3 is 0 Å². The molecule has 0 aliphatic rings. The topological polar surface area (TPSA) is 26.3 Å². The van der Waals surface area contributed by atoms with E-state index < -0.39 is 17.5 Å². The summed E-state index contributed by atoms with van der Waals surface area (Å²) in [5.41, 5.74) is 0.141. The first-order valence-electron chi connectivity index (χ1n) is 6.33. The van der Waals surface area contributed by atoms with Gasteiger partial charge in [0.25, 0.3) is 0 Å². The molecular formula is C16H13F3O2. The Labute approximate surface area is 120 Å². The lowest BCUT2D eigenvalue weighted by molar-refractivity contribution is 0.112. The quantitative estimate of drug-likeness (QED) is 0.618. The molecule has 0 fully saturated rings. The lowest BCUT2D eigenvalue weighted by atomic mass is 9.99. The fourth-order valence-electron chi connectivity index (χ4n) is 1.96. The number of benzene rings is 2. The van der Waals surface area contributed by atoms with E-state index in [0.29, 0.717) is 12.0 Å². The Balaban J connectivity index is 2.54. The fraction of sp³-hybridized carbons (Fsp3) is 0.188. The monoisotopic (exact) mass is 294 g/mol. The second-order valence-electron chi connectivity index (χ2n) is 4.76. The highest BCUT2D eigenvalue weighted by Crippen LogP contribution is 2.30. The molecule has 0 radical (unpaired) electrons. The molecule has 0 unspecified atom stereocenters. The van der Waals surface area contributed by atoms with Crippen LogP contribution < -0.4 is 4.74 Å². The molecule has 21 heavy (non-hydrogen) atoms. The van der Waals surface area contributed by atoms with Crippen molar-refractivity contribution in [1.29, 1.82) is 0 Å². The van der Waals surface area contributed by atoms with E-state index in [1.165, 1.54) is 12.1 Å². The van der Waals surface area contributed by atoms with Crippen LogP contribution in [0.4, 0.5) is 13.2 Å². The zero-order chi connectivity index (χ0) is 15.6. The van der Waals surface area contributed by atoms with E-state index in [1.807, 2.05) is 13.8 Å². The van der Waals surface area contributed by atoms with Gasteiger partial charge in [-0.05, 0) is 49.7 Å².